The second-order valence-corrected chi connectivity index (χ2v) is 16.5. The average molecular weight is 758 g/mol. The molecule has 0 spiro atoms. The molecule has 1 aromatic rings. The number of aliphatic hydroxyl groups excluding tert-OH is 1. The van der Waals surface area contributed by atoms with Gasteiger partial charge in [-0.3, -0.25) is 19.6 Å². The van der Waals surface area contributed by atoms with Gasteiger partial charge in [-0.1, -0.05) is 33.8 Å². The van der Waals surface area contributed by atoms with Crippen molar-refractivity contribution in [2.24, 2.45) is 28.7 Å². The summed E-state index contributed by atoms with van der Waals surface area (Å²) in [5, 5.41) is 15.1. The quantitative estimate of drug-likeness (QED) is 0.283. The minimum atomic E-state index is -1.26. The van der Waals surface area contributed by atoms with Gasteiger partial charge in [-0.25, -0.2) is 9.80 Å². The normalized spacial score (nSPS) is 39.8. The number of aryl methyl sites for hydroxylation is 1. The highest BCUT2D eigenvalue weighted by Gasteiger charge is 2.62. The standard InChI is InChI=1S/C40H63N5O9/c1-12-30-40(8)34-25(4)31(42-22-44(45(34)38(49)54-40)19-15-17-28-16-13-14-18-41-28)23(2)21-39(7,50-11)35(26(5)32(46)27(6)36(48)52-30)53-37-33(47)29(43(9)10)20-24(3)51-37/h13-14,16,18,23-27,29-30,33-35,37,47H,12,15,17,19-22H2,1-11H3/t23-,24-,25-,26+,27?,29+,30+,33-,34-,35-,37+,39+,40-/m1/s1. The Hall–Kier alpha value is -3.01. The Morgan fingerprint density at radius 2 is 1.80 bits per heavy atom. The third kappa shape index (κ3) is 8.24. The molecule has 14 heteroatoms. The third-order valence-electron chi connectivity index (χ3n) is 12.4. The van der Waals surface area contributed by atoms with Gasteiger partial charge in [0.15, 0.2) is 17.7 Å². The van der Waals surface area contributed by atoms with Crippen LogP contribution in [0.2, 0.25) is 0 Å². The monoisotopic (exact) mass is 757 g/mol. The molecule has 5 rings (SSSR count). The number of hydrogen-bond donors (Lipinski definition) is 1. The van der Waals surface area contributed by atoms with Crippen molar-refractivity contribution in [1.29, 1.82) is 0 Å². The van der Waals surface area contributed by atoms with Crippen LogP contribution in [-0.2, 0) is 39.7 Å². The fourth-order valence-electron chi connectivity index (χ4n) is 9.34. The zero-order chi connectivity index (χ0) is 39.7. The topological polar surface area (TPSA) is 153 Å². The maximum Gasteiger partial charge on any atom is 0.425 e. The van der Waals surface area contributed by atoms with E-state index in [1.165, 1.54) is 6.92 Å². The zero-order valence-electron chi connectivity index (χ0n) is 34.1. The Kier molecular flexibility index (Phi) is 13.3. The number of aliphatic imine (C=N–C) groups is 1. The van der Waals surface area contributed by atoms with Crippen molar-refractivity contribution in [3.05, 3.63) is 30.1 Å². The number of ether oxygens (including phenoxy) is 5. The molecule has 1 N–H and O–H groups in total. The van der Waals surface area contributed by atoms with Crippen LogP contribution in [0.25, 0.3) is 0 Å². The average Bonchev–Trinajstić information content (AvgIpc) is 3.31. The van der Waals surface area contributed by atoms with E-state index in [1.807, 2.05) is 76.8 Å². The van der Waals surface area contributed by atoms with Crippen molar-refractivity contribution in [2.75, 3.05) is 34.4 Å². The number of pyridine rings is 1. The number of hydrogen-bond acceptors (Lipinski definition) is 13. The van der Waals surface area contributed by atoms with Gasteiger partial charge in [-0.2, -0.15) is 5.01 Å². The maximum atomic E-state index is 14.3. The van der Waals surface area contributed by atoms with Crippen molar-refractivity contribution in [1.82, 2.24) is 19.9 Å². The molecule has 5 heterocycles. The molecular weight excluding hydrogens is 694 g/mol. The highest BCUT2D eigenvalue weighted by molar-refractivity contribution is 6.00. The number of ketones is 1. The van der Waals surface area contributed by atoms with E-state index in [1.54, 1.807) is 25.2 Å². The Morgan fingerprint density at radius 3 is 2.43 bits per heavy atom. The molecule has 13 atom stereocenters. The van der Waals surface area contributed by atoms with E-state index in [0.717, 1.165) is 11.4 Å². The van der Waals surface area contributed by atoms with Crippen LogP contribution < -0.4 is 0 Å². The molecule has 4 aliphatic rings. The van der Waals surface area contributed by atoms with Gasteiger partial charge in [-0.15, -0.1) is 0 Å². The second-order valence-electron chi connectivity index (χ2n) is 16.5. The number of nitrogens with zero attached hydrogens (tertiary/aromatic N) is 5. The van der Waals surface area contributed by atoms with Crippen LogP contribution in [0.5, 0.6) is 0 Å². The molecule has 302 valence electrons. The van der Waals surface area contributed by atoms with E-state index in [0.29, 0.717) is 38.6 Å². The first kappa shape index (κ1) is 42.1. The van der Waals surface area contributed by atoms with Gasteiger partial charge >= 0.3 is 12.1 Å². The fraction of sp³-hybridized carbons (Fsp3) is 0.775. The van der Waals surface area contributed by atoms with Crippen molar-refractivity contribution < 1.29 is 43.2 Å². The molecule has 0 aliphatic carbocycles. The Labute approximate surface area is 320 Å². The summed E-state index contributed by atoms with van der Waals surface area (Å²) in [5.41, 5.74) is -0.565. The number of esters is 1. The number of aliphatic hydroxyl groups is 1. The number of amides is 1. The molecular formula is C40H63N5O9. The van der Waals surface area contributed by atoms with E-state index in [9.17, 15) is 19.5 Å². The highest BCUT2D eigenvalue weighted by Crippen LogP contribution is 2.45. The number of carbonyl (C=O) groups excluding carboxylic acids is 3. The first-order valence-corrected chi connectivity index (χ1v) is 19.6. The van der Waals surface area contributed by atoms with E-state index in [4.69, 9.17) is 28.7 Å². The maximum absolute atomic E-state index is 14.3. The number of carbonyl (C=O) groups is 3. The van der Waals surface area contributed by atoms with Gasteiger partial charge in [-0.05, 0) is 91.9 Å². The van der Waals surface area contributed by atoms with E-state index < -0.39 is 71.5 Å². The summed E-state index contributed by atoms with van der Waals surface area (Å²) in [7, 11) is 5.39. The van der Waals surface area contributed by atoms with Gasteiger partial charge in [0.1, 0.15) is 30.8 Å². The number of likely N-dealkylation sites (N-methyl/N-ethyl adjacent to an activating group) is 1. The first-order valence-electron chi connectivity index (χ1n) is 19.6. The van der Waals surface area contributed by atoms with Crippen LogP contribution in [0.4, 0.5) is 4.79 Å². The van der Waals surface area contributed by atoms with E-state index in [-0.39, 0.29) is 30.7 Å². The van der Waals surface area contributed by atoms with Crippen LogP contribution in [0.1, 0.15) is 86.8 Å². The molecule has 3 fully saturated rings. The predicted octanol–water partition coefficient (Wildman–Crippen LogP) is 4.28. The number of rotatable bonds is 9. The lowest BCUT2D eigenvalue weighted by Crippen LogP contribution is -2.61. The van der Waals surface area contributed by atoms with Crippen LogP contribution in [0.15, 0.2) is 29.4 Å². The Morgan fingerprint density at radius 1 is 1.07 bits per heavy atom. The summed E-state index contributed by atoms with van der Waals surface area (Å²) in [6, 6.07) is 5.01. The molecule has 1 unspecified atom stereocenters. The van der Waals surface area contributed by atoms with Crippen LogP contribution in [0.3, 0.4) is 0 Å². The summed E-state index contributed by atoms with van der Waals surface area (Å²) in [6.45, 7) is 15.7. The molecule has 0 aromatic carbocycles. The van der Waals surface area contributed by atoms with Gasteiger partial charge < -0.3 is 33.7 Å². The summed E-state index contributed by atoms with van der Waals surface area (Å²) in [4.78, 5) is 53.9. The molecule has 3 saturated heterocycles. The van der Waals surface area contributed by atoms with Crippen LogP contribution in [-0.4, -0.2) is 137 Å². The summed E-state index contributed by atoms with van der Waals surface area (Å²) < 4.78 is 31.7. The zero-order valence-corrected chi connectivity index (χ0v) is 34.1. The van der Waals surface area contributed by atoms with Gasteiger partial charge in [0.25, 0.3) is 0 Å². The summed E-state index contributed by atoms with van der Waals surface area (Å²) in [5.74, 6) is -3.69. The molecule has 14 nitrogen and oxygen atoms in total. The minimum Gasteiger partial charge on any atom is -0.458 e. The lowest BCUT2D eigenvalue weighted by molar-refractivity contribution is -0.295. The van der Waals surface area contributed by atoms with Gasteiger partial charge in [0.2, 0.25) is 0 Å². The smallest absolute Gasteiger partial charge is 0.425 e. The number of methoxy groups -OCH3 is 1. The second kappa shape index (κ2) is 17.0. The number of fused-ring (bicyclic) bond motifs is 1. The molecule has 0 saturated carbocycles. The SMILES string of the molecule is CC[C@@H]1OC(=O)C(C)C(=O)[C@H](C)[C@@H](O[C@@H]2O[C@H](C)C[C@H](N(C)C)[C@H]2O)[C@@](C)(OC)C[C@@H](C)C2=NCN(CCCc3ccccn3)N3C(=O)O[C@@]1(C)[C@H]3[C@@H]2C. The Balaban J connectivity index is 1.57. The number of aromatic nitrogens is 1. The van der Waals surface area contributed by atoms with Crippen molar-refractivity contribution >= 4 is 23.6 Å². The highest BCUT2D eigenvalue weighted by atomic mass is 16.7. The molecule has 4 aliphatic heterocycles. The summed E-state index contributed by atoms with van der Waals surface area (Å²) in [6.07, 6.45) is -0.0659. The van der Waals surface area contributed by atoms with Crippen molar-refractivity contribution in [3.8, 4) is 0 Å². The molecule has 54 heavy (non-hydrogen) atoms. The third-order valence-corrected chi connectivity index (χ3v) is 12.4. The van der Waals surface area contributed by atoms with Crippen LogP contribution >= 0.6 is 0 Å². The fourth-order valence-corrected chi connectivity index (χ4v) is 9.34. The molecule has 2 bridgehead atoms. The van der Waals surface area contributed by atoms with Crippen molar-refractivity contribution in [3.63, 3.8) is 0 Å². The van der Waals surface area contributed by atoms with Gasteiger partial charge in [0, 0.05) is 49.1 Å². The predicted molar refractivity (Wildman–Crippen MR) is 201 cm³/mol. The Bertz CT molecular complexity index is 1510. The lowest BCUT2D eigenvalue weighted by atomic mass is 9.73. The van der Waals surface area contributed by atoms with Crippen molar-refractivity contribution in [2.45, 2.75) is 141 Å². The van der Waals surface area contributed by atoms with E-state index in [2.05, 4.69) is 11.9 Å². The van der Waals surface area contributed by atoms with Gasteiger partial charge in [0.05, 0.1) is 17.8 Å². The summed E-state index contributed by atoms with van der Waals surface area (Å²) >= 11 is 0. The number of Topliss-reactive ketones (excluding diaryl/α,β-unsaturated/α-hetero) is 1. The molecule has 0 radical (unpaired) electrons. The number of hydrazine groups is 1. The minimum absolute atomic E-state index is 0.214. The molecule has 1 aromatic heterocycles. The van der Waals surface area contributed by atoms with Crippen LogP contribution in [0, 0.1) is 23.7 Å². The van der Waals surface area contributed by atoms with E-state index >= 15 is 0 Å². The lowest BCUT2D eigenvalue weighted by Gasteiger charge is -2.47. The first-order chi connectivity index (χ1) is 25.5. The number of cyclic esters (lactones) is 1. The largest absolute Gasteiger partial charge is 0.458 e. The molecule has 1 amide bonds.